The lowest BCUT2D eigenvalue weighted by molar-refractivity contribution is -0.150. The summed E-state index contributed by atoms with van der Waals surface area (Å²) in [6.45, 7) is 3.09. The van der Waals surface area contributed by atoms with E-state index in [0.717, 1.165) is 21.6 Å². The van der Waals surface area contributed by atoms with Crippen LogP contribution in [0.15, 0.2) is 52.0 Å². The molecule has 1 aliphatic rings. The van der Waals surface area contributed by atoms with Crippen molar-refractivity contribution in [2.45, 2.75) is 20.0 Å². The van der Waals surface area contributed by atoms with Crippen LogP contribution in [0.1, 0.15) is 25.0 Å². The summed E-state index contributed by atoms with van der Waals surface area (Å²) in [6.07, 6.45) is -4.63. The van der Waals surface area contributed by atoms with E-state index in [-0.39, 0.29) is 24.4 Å². The zero-order chi connectivity index (χ0) is 24.6. The summed E-state index contributed by atoms with van der Waals surface area (Å²) < 4.78 is 45.4. The van der Waals surface area contributed by atoms with Crippen LogP contribution in [0.5, 0.6) is 0 Å². The number of amides is 2. The van der Waals surface area contributed by atoms with Crippen LogP contribution in [0, 0.1) is 5.41 Å². The third-order valence-corrected chi connectivity index (χ3v) is 6.05. The van der Waals surface area contributed by atoms with Crippen molar-refractivity contribution in [2.75, 3.05) is 25.1 Å². The molecule has 11 heteroatoms. The average molecular weight is 547 g/mol. The van der Waals surface area contributed by atoms with Crippen LogP contribution in [0.3, 0.4) is 0 Å². The summed E-state index contributed by atoms with van der Waals surface area (Å²) in [5.41, 5.74) is -1.55. The second-order valence-corrected chi connectivity index (χ2v) is 8.89. The molecule has 1 unspecified atom stereocenters. The van der Waals surface area contributed by atoms with Crippen LogP contribution in [0.4, 0.5) is 23.7 Å². The highest BCUT2D eigenvalue weighted by Crippen LogP contribution is 2.38. The normalized spacial score (nSPS) is 18.2. The second-order valence-electron chi connectivity index (χ2n) is 7.57. The van der Waals surface area contributed by atoms with E-state index in [1.54, 1.807) is 38.2 Å². The molecular formula is C22H20BrClF3N3O3. The molecule has 1 atom stereocenters. The van der Waals surface area contributed by atoms with Crippen LogP contribution in [0.2, 0.25) is 5.02 Å². The maximum absolute atomic E-state index is 13.1. The zero-order valence-electron chi connectivity index (χ0n) is 17.9. The third-order valence-electron chi connectivity index (χ3n) is 5.20. The summed E-state index contributed by atoms with van der Waals surface area (Å²) in [5, 5.41) is 4.88. The molecule has 0 saturated heterocycles. The first-order chi connectivity index (χ1) is 15.4. The summed E-state index contributed by atoms with van der Waals surface area (Å²) in [7, 11) is 1.55. The van der Waals surface area contributed by atoms with Crippen LogP contribution in [0.25, 0.3) is 0 Å². The number of hydrogen-bond acceptors (Lipinski definition) is 4. The van der Waals surface area contributed by atoms with Crippen LogP contribution in [-0.2, 0) is 15.7 Å². The maximum Gasteiger partial charge on any atom is 0.417 e. The number of benzene rings is 2. The molecule has 2 amide bonds. The van der Waals surface area contributed by atoms with Crippen LogP contribution in [-0.4, -0.2) is 42.9 Å². The molecule has 0 radical (unpaired) electrons. The van der Waals surface area contributed by atoms with Gasteiger partial charge in [-0.25, -0.2) is 9.80 Å². The number of ether oxygens (including phenoxy) is 1. The Labute approximate surface area is 202 Å². The Morgan fingerprint density at radius 1 is 1.24 bits per heavy atom. The van der Waals surface area contributed by atoms with Gasteiger partial charge >= 0.3 is 18.2 Å². The van der Waals surface area contributed by atoms with Crippen molar-refractivity contribution in [3.05, 3.63) is 63.1 Å². The van der Waals surface area contributed by atoms with E-state index in [1.807, 2.05) is 0 Å². The highest BCUT2D eigenvalue weighted by atomic mass is 79.9. The first kappa shape index (κ1) is 25.0. The number of anilines is 1. The van der Waals surface area contributed by atoms with E-state index in [2.05, 4.69) is 21.0 Å². The molecule has 0 saturated carbocycles. The molecule has 0 N–H and O–H groups in total. The highest BCUT2D eigenvalue weighted by molar-refractivity contribution is 9.10. The molecule has 176 valence electrons. The maximum atomic E-state index is 13.1. The predicted octanol–water partition coefficient (Wildman–Crippen LogP) is 5.97. The predicted molar refractivity (Wildman–Crippen MR) is 122 cm³/mol. The van der Waals surface area contributed by atoms with Gasteiger partial charge < -0.3 is 4.74 Å². The summed E-state index contributed by atoms with van der Waals surface area (Å²) in [6, 6.07) is 9.55. The quantitative estimate of drug-likeness (QED) is 0.444. The fourth-order valence-electron chi connectivity index (χ4n) is 3.42. The smallest absolute Gasteiger partial charge is 0.417 e. The molecular weight excluding hydrogens is 527 g/mol. The molecule has 0 aromatic heterocycles. The van der Waals surface area contributed by atoms with Gasteiger partial charge in [0.1, 0.15) is 5.41 Å². The number of nitrogens with zero attached hydrogens (tertiary/aromatic N) is 3. The average Bonchev–Trinajstić information content (AvgIpc) is 3.11. The number of hydrogen-bond donors (Lipinski definition) is 0. The van der Waals surface area contributed by atoms with E-state index in [9.17, 15) is 22.8 Å². The topological polar surface area (TPSA) is 62.2 Å². The minimum atomic E-state index is -4.63. The fourth-order valence-corrected chi connectivity index (χ4v) is 3.97. The van der Waals surface area contributed by atoms with Crippen molar-refractivity contribution in [3.63, 3.8) is 0 Å². The Kier molecular flexibility index (Phi) is 7.09. The Balaban J connectivity index is 2.01. The van der Waals surface area contributed by atoms with Gasteiger partial charge in [0.15, 0.2) is 0 Å². The monoisotopic (exact) mass is 545 g/mol. The molecule has 2 aromatic rings. The Morgan fingerprint density at radius 2 is 1.88 bits per heavy atom. The van der Waals surface area contributed by atoms with Gasteiger partial charge in [0.05, 0.1) is 29.4 Å². The lowest BCUT2D eigenvalue weighted by Gasteiger charge is -2.26. The number of urea groups is 1. The highest BCUT2D eigenvalue weighted by Gasteiger charge is 2.49. The number of hydrazone groups is 1. The third kappa shape index (κ3) is 5.01. The van der Waals surface area contributed by atoms with Gasteiger partial charge in [-0.2, -0.15) is 18.3 Å². The number of esters is 1. The number of rotatable bonds is 4. The molecule has 33 heavy (non-hydrogen) atoms. The Hall–Kier alpha value is -2.59. The van der Waals surface area contributed by atoms with Gasteiger partial charge in [0.25, 0.3) is 0 Å². The first-order valence-electron chi connectivity index (χ1n) is 9.82. The number of halogens is 5. The molecule has 0 aliphatic carbocycles. The lowest BCUT2D eigenvalue weighted by atomic mass is 9.82. The molecule has 0 fully saturated rings. The van der Waals surface area contributed by atoms with Crippen LogP contribution >= 0.6 is 27.5 Å². The standard InChI is InChI=1S/C22H20BrClF3N3O3/c1-4-33-19(31)21(2)12-30(20(32)29(3)15-8-6-14(23)7-9-15)28-18(21)13-5-10-16(17(24)11-13)22(25,26)27/h5-11H,4,12H2,1-3H3. The minimum Gasteiger partial charge on any atom is -0.465 e. The van der Waals surface area contributed by atoms with Crippen molar-refractivity contribution >= 4 is 50.9 Å². The lowest BCUT2D eigenvalue weighted by Crippen LogP contribution is -2.44. The zero-order valence-corrected chi connectivity index (χ0v) is 20.3. The van der Waals surface area contributed by atoms with Crippen molar-refractivity contribution < 1.29 is 27.5 Å². The number of carbonyl (C=O) groups excluding carboxylic acids is 2. The Morgan fingerprint density at radius 3 is 2.42 bits per heavy atom. The summed E-state index contributed by atoms with van der Waals surface area (Å²) in [4.78, 5) is 27.3. The molecule has 0 bridgehead atoms. The van der Waals surface area contributed by atoms with E-state index >= 15 is 0 Å². The van der Waals surface area contributed by atoms with Crippen molar-refractivity contribution in [2.24, 2.45) is 10.5 Å². The molecule has 0 spiro atoms. The van der Waals surface area contributed by atoms with Crippen molar-refractivity contribution in [1.82, 2.24) is 5.01 Å². The molecule has 2 aromatic carbocycles. The van der Waals surface area contributed by atoms with Gasteiger partial charge in [-0.05, 0) is 50.2 Å². The van der Waals surface area contributed by atoms with Gasteiger partial charge in [-0.1, -0.05) is 33.6 Å². The minimum absolute atomic E-state index is 0.0855. The number of carbonyl (C=O) groups is 2. The summed E-state index contributed by atoms with van der Waals surface area (Å²) in [5.74, 6) is -0.652. The van der Waals surface area contributed by atoms with E-state index in [0.29, 0.717) is 5.69 Å². The molecule has 3 rings (SSSR count). The van der Waals surface area contributed by atoms with E-state index in [1.165, 1.54) is 17.9 Å². The van der Waals surface area contributed by atoms with E-state index in [4.69, 9.17) is 16.3 Å². The van der Waals surface area contributed by atoms with Crippen molar-refractivity contribution in [1.29, 1.82) is 0 Å². The van der Waals surface area contributed by atoms with Gasteiger partial charge in [0.2, 0.25) is 0 Å². The Bertz CT molecular complexity index is 1110. The summed E-state index contributed by atoms with van der Waals surface area (Å²) >= 11 is 9.22. The second kappa shape index (κ2) is 9.34. The van der Waals surface area contributed by atoms with Gasteiger partial charge in [0, 0.05) is 22.8 Å². The van der Waals surface area contributed by atoms with Gasteiger partial charge in [-0.15, -0.1) is 0 Å². The first-order valence-corrected chi connectivity index (χ1v) is 11.0. The van der Waals surface area contributed by atoms with Crippen LogP contribution < -0.4 is 4.90 Å². The number of alkyl halides is 3. The largest absolute Gasteiger partial charge is 0.465 e. The SMILES string of the molecule is CCOC(=O)C1(C)CN(C(=O)N(C)c2ccc(Br)cc2)N=C1c1ccc(C(F)(F)F)c(Cl)c1. The van der Waals surface area contributed by atoms with E-state index < -0.39 is 34.2 Å². The molecule has 6 nitrogen and oxygen atoms in total. The molecule has 1 aliphatic heterocycles. The molecule has 1 heterocycles. The fraction of sp³-hybridized carbons (Fsp3) is 0.318. The van der Waals surface area contributed by atoms with Crippen molar-refractivity contribution in [3.8, 4) is 0 Å². The van der Waals surface area contributed by atoms with Gasteiger partial charge in [-0.3, -0.25) is 9.69 Å².